The lowest BCUT2D eigenvalue weighted by atomic mass is 9.86. The number of nitrogens with one attached hydrogen (secondary N) is 2. The Labute approximate surface area is 141 Å². The van der Waals surface area contributed by atoms with Crippen molar-refractivity contribution in [3.05, 3.63) is 30.1 Å². The number of hydrogen-bond acceptors (Lipinski definition) is 3. The van der Waals surface area contributed by atoms with Gasteiger partial charge < -0.3 is 9.88 Å². The van der Waals surface area contributed by atoms with E-state index in [1.165, 1.54) is 6.42 Å². The average molecular weight is 328 g/mol. The molecule has 3 rings (SSSR count). The number of amides is 3. The minimum absolute atomic E-state index is 0.0833. The number of imidazole rings is 1. The molecule has 0 spiro atoms. The summed E-state index contributed by atoms with van der Waals surface area (Å²) in [6.45, 7) is 4.09. The first-order valence-corrected chi connectivity index (χ1v) is 8.57. The summed E-state index contributed by atoms with van der Waals surface area (Å²) >= 11 is 0. The quantitative estimate of drug-likeness (QED) is 0.909. The predicted molar refractivity (Wildman–Crippen MR) is 92.6 cm³/mol. The zero-order chi connectivity index (χ0) is 17.1. The van der Waals surface area contributed by atoms with Gasteiger partial charge in [0, 0.05) is 6.04 Å². The Bertz CT molecular complexity index is 753. The van der Waals surface area contributed by atoms with E-state index < -0.39 is 6.03 Å². The van der Waals surface area contributed by atoms with Crippen LogP contribution in [0, 0.1) is 12.8 Å². The molecule has 2 aromatic rings. The van der Waals surface area contributed by atoms with E-state index in [2.05, 4.69) is 22.5 Å². The van der Waals surface area contributed by atoms with Crippen molar-refractivity contribution in [3.8, 4) is 0 Å². The van der Waals surface area contributed by atoms with E-state index in [1.54, 1.807) is 0 Å². The van der Waals surface area contributed by atoms with Crippen LogP contribution < -0.4 is 10.6 Å². The Morgan fingerprint density at radius 2 is 2.00 bits per heavy atom. The van der Waals surface area contributed by atoms with Crippen LogP contribution in [0.25, 0.3) is 11.0 Å². The summed E-state index contributed by atoms with van der Waals surface area (Å²) in [6.07, 6.45) is 4.45. The average Bonchev–Trinajstić information content (AvgIpc) is 2.85. The summed E-state index contributed by atoms with van der Waals surface area (Å²) < 4.78 is 1.82. The Kier molecular flexibility index (Phi) is 4.83. The monoisotopic (exact) mass is 328 g/mol. The topological polar surface area (TPSA) is 76.0 Å². The summed E-state index contributed by atoms with van der Waals surface area (Å²) in [7, 11) is 0. The van der Waals surface area contributed by atoms with Gasteiger partial charge in [-0.2, -0.15) is 0 Å². The Hall–Kier alpha value is -2.37. The Balaban J connectivity index is 1.60. The molecule has 1 aliphatic rings. The number of carbonyl (C=O) groups excluding carboxylic acids is 2. The van der Waals surface area contributed by atoms with Gasteiger partial charge >= 0.3 is 6.03 Å². The molecule has 6 heteroatoms. The van der Waals surface area contributed by atoms with Crippen molar-refractivity contribution in [2.45, 2.75) is 52.1 Å². The van der Waals surface area contributed by atoms with E-state index in [1.807, 2.05) is 35.8 Å². The van der Waals surface area contributed by atoms with Crippen LogP contribution in [0.2, 0.25) is 0 Å². The standard InChI is InChI=1S/C18H24N4O2/c1-12-7-3-4-8-14(12)20-18(24)21-17(23)11-22-13(2)19-15-9-5-6-10-16(15)22/h5-6,9-10,12,14H,3-4,7-8,11H2,1-2H3,(H2,20,21,23,24)/t12-,14+/m1/s1. The molecule has 6 nitrogen and oxygen atoms in total. The first kappa shape index (κ1) is 16.5. The molecule has 2 N–H and O–H groups in total. The van der Waals surface area contributed by atoms with Gasteiger partial charge in [-0.25, -0.2) is 9.78 Å². The van der Waals surface area contributed by atoms with Gasteiger partial charge in [-0.05, 0) is 37.8 Å². The highest BCUT2D eigenvalue weighted by Gasteiger charge is 2.23. The highest BCUT2D eigenvalue weighted by atomic mass is 16.2. The predicted octanol–water partition coefficient (Wildman–Crippen LogP) is 2.75. The molecule has 1 fully saturated rings. The number of aryl methyl sites for hydroxylation is 1. The molecule has 0 radical (unpaired) electrons. The lowest BCUT2D eigenvalue weighted by Gasteiger charge is -2.29. The van der Waals surface area contributed by atoms with E-state index in [9.17, 15) is 9.59 Å². The number of urea groups is 1. The fourth-order valence-corrected chi connectivity index (χ4v) is 3.44. The minimum Gasteiger partial charge on any atom is -0.335 e. The van der Waals surface area contributed by atoms with Gasteiger partial charge in [0.15, 0.2) is 0 Å². The van der Waals surface area contributed by atoms with Crippen molar-refractivity contribution < 1.29 is 9.59 Å². The van der Waals surface area contributed by atoms with Crippen LogP contribution in [0.1, 0.15) is 38.4 Å². The molecule has 1 aromatic heterocycles. The van der Waals surface area contributed by atoms with Gasteiger partial charge in [-0.1, -0.05) is 31.9 Å². The lowest BCUT2D eigenvalue weighted by Crippen LogP contribution is -2.48. The number of rotatable bonds is 3. The first-order valence-electron chi connectivity index (χ1n) is 8.57. The van der Waals surface area contributed by atoms with Gasteiger partial charge in [0.2, 0.25) is 5.91 Å². The molecule has 3 amide bonds. The second-order valence-electron chi connectivity index (χ2n) is 6.62. The highest BCUT2D eigenvalue weighted by Crippen LogP contribution is 2.23. The number of nitrogens with zero attached hydrogens (tertiary/aromatic N) is 2. The van der Waals surface area contributed by atoms with Crippen LogP contribution in [0.3, 0.4) is 0 Å². The molecule has 0 bridgehead atoms. The zero-order valence-electron chi connectivity index (χ0n) is 14.2. The van der Waals surface area contributed by atoms with Gasteiger partial charge in [0.1, 0.15) is 12.4 Å². The summed E-state index contributed by atoms with van der Waals surface area (Å²) in [5.74, 6) is 0.884. The van der Waals surface area contributed by atoms with Crippen LogP contribution >= 0.6 is 0 Å². The highest BCUT2D eigenvalue weighted by molar-refractivity contribution is 5.94. The number of imide groups is 1. The van der Waals surface area contributed by atoms with Crippen molar-refractivity contribution in [3.63, 3.8) is 0 Å². The normalized spacial score (nSPS) is 20.8. The van der Waals surface area contributed by atoms with Crippen LogP contribution in [-0.4, -0.2) is 27.5 Å². The maximum atomic E-state index is 12.2. The molecule has 0 unspecified atom stereocenters. The largest absolute Gasteiger partial charge is 0.335 e. The number of carbonyl (C=O) groups is 2. The molecule has 24 heavy (non-hydrogen) atoms. The third-order valence-corrected chi connectivity index (χ3v) is 4.83. The lowest BCUT2D eigenvalue weighted by molar-refractivity contribution is -0.120. The molecule has 1 saturated carbocycles. The van der Waals surface area contributed by atoms with E-state index in [0.29, 0.717) is 5.92 Å². The second-order valence-corrected chi connectivity index (χ2v) is 6.62. The van der Waals surface area contributed by atoms with E-state index in [-0.39, 0.29) is 18.5 Å². The number of fused-ring (bicyclic) bond motifs is 1. The zero-order valence-corrected chi connectivity index (χ0v) is 14.2. The van der Waals surface area contributed by atoms with Gasteiger partial charge in [0.25, 0.3) is 0 Å². The number of hydrogen-bond donors (Lipinski definition) is 2. The third kappa shape index (κ3) is 3.58. The van der Waals surface area contributed by atoms with Crippen molar-refractivity contribution >= 4 is 23.0 Å². The van der Waals surface area contributed by atoms with E-state index in [0.717, 1.165) is 36.1 Å². The number of para-hydroxylation sites is 2. The summed E-state index contributed by atoms with van der Waals surface area (Å²) in [5.41, 5.74) is 1.75. The number of benzene rings is 1. The molecule has 0 saturated heterocycles. The second kappa shape index (κ2) is 7.03. The molecule has 1 aromatic carbocycles. The minimum atomic E-state index is -0.402. The fourth-order valence-electron chi connectivity index (χ4n) is 3.44. The molecular formula is C18H24N4O2. The summed E-state index contributed by atoms with van der Waals surface area (Å²) in [5, 5.41) is 5.38. The maximum Gasteiger partial charge on any atom is 0.321 e. The molecular weight excluding hydrogens is 304 g/mol. The Morgan fingerprint density at radius 1 is 1.25 bits per heavy atom. The summed E-state index contributed by atoms with van der Waals surface area (Å²) in [6, 6.07) is 7.41. The molecule has 0 aliphatic heterocycles. The van der Waals surface area contributed by atoms with Crippen LogP contribution in [-0.2, 0) is 11.3 Å². The van der Waals surface area contributed by atoms with Crippen LogP contribution in [0.5, 0.6) is 0 Å². The van der Waals surface area contributed by atoms with Gasteiger partial charge in [0.05, 0.1) is 11.0 Å². The van der Waals surface area contributed by atoms with Crippen molar-refractivity contribution in [2.75, 3.05) is 0 Å². The van der Waals surface area contributed by atoms with Crippen LogP contribution in [0.15, 0.2) is 24.3 Å². The van der Waals surface area contributed by atoms with Crippen molar-refractivity contribution in [2.24, 2.45) is 5.92 Å². The summed E-state index contributed by atoms with van der Waals surface area (Å²) in [4.78, 5) is 28.7. The molecule has 1 aliphatic carbocycles. The third-order valence-electron chi connectivity index (χ3n) is 4.83. The van der Waals surface area contributed by atoms with Gasteiger partial charge in [-0.15, -0.1) is 0 Å². The van der Waals surface area contributed by atoms with Gasteiger partial charge in [-0.3, -0.25) is 10.1 Å². The molecule has 1 heterocycles. The number of aromatic nitrogens is 2. The fraction of sp³-hybridized carbons (Fsp3) is 0.500. The first-order chi connectivity index (χ1) is 11.5. The maximum absolute atomic E-state index is 12.2. The molecule has 2 atom stereocenters. The SMILES string of the molecule is Cc1nc2ccccc2n1CC(=O)NC(=O)N[C@H]1CCCC[C@H]1C. The van der Waals surface area contributed by atoms with E-state index >= 15 is 0 Å². The van der Waals surface area contributed by atoms with Crippen molar-refractivity contribution in [1.29, 1.82) is 0 Å². The van der Waals surface area contributed by atoms with Crippen molar-refractivity contribution in [1.82, 2.24) is 20.2 Å². The van der Waals surface area contributed by atoms with E-state index in [4.69, 9.17) is 0 Å². The molecule has 128 valence electrons. The van der Waals surface area contributed by atoms with Crippen LogP contribution in [0.4, 0.5) is 4.79 Å². The Morgan fingerprint density at radius 3 is 2.79 bits per heavy atom. The smallest absolute Gasteiger partial charge is 0.321 e.